The molecule has 2 aromatic carbocycles. The number of imidazole rings is 1. The Morgan fingerprint density at radius 3 is 2.04 bits per heavy atom. The van der Waals surface area contributed by atoms with Gasteiger partial charge in [0.2, 0.25) is 5.18 Å². The van der Waals surface area contributed by atoms with Gasteiger partial charge in [0.1, 0.15) is 0 Å². The molecule has 0 fully saturated rings. The first-order valence-corrected chi connectivity index (χ1v) is 8.49. The van der Waals surface area contributed by atoms with E-state index >= 15 is 0 Å². The largest absolute Gasteiger partial charge is 0.337 e. The molecular weight excluding hydrogens is 367 g/mol. The number of ether oxygens (including phenoxy) is 1. The van der Waals surface area contributed by atoms with E-state index in [1.54, 1.807) is 23.3 Å². The Morgan fingerprint density at radius 1 is 0.917 bits per heavy atom. The zero-order valence-electron chi connectivity index (χ0n) is 12.7. The third-order valence-corrected chi connectivity index (χ3v) is 4.54. The summed E-state index contributed by atoms with van der Waals surface area (Å²) >= 11 is 18.7. The molecule has 3 nitrogen and oxygen atoms in total. The number of rotatable bonds is 6. The second kappa shape index (κ2) is 7.58. The molecule has 24 heavy (non-hydrogen) atoms. The summed E-state index contributed by atoms with van der Waals surface area (Å²) in [6.07, 6.45) is 5.57. The van der Waals surface area contributed by atoms with Gasteiger partial charge in [-0.3, -0.25) is 4.57 Å². The number of halogens is 3. The van der Waals surface area contributed by atoms with E-state index in [4.69, 9.17) is 39.5 Å². The lowest BCUT2D eigenvalue weighted by Crippen LogP contribution is -2.32. The van der Waals surface area contributed by atoms with E-state index in [0.29, 0.717) is 23.1 Å². The summed E-state index contributed by atoms with van der Waals surface area (Å²) in [6.45, 7) is 0.354. The van der Waals surface area contributed by atoms with Crippen molar-refractivity contribution >= 4 is 34.8 Å². The maximum absolute atomic E-state index is 6.80. The summed E-state index contributed by atoms with van der Waals surface area (Å²) in [4.78, 5) is 4.07. The van der Waals surface area contributed by atoms with Gasteiger partial charge < -0.3 is 4.74 Å². The van der Waals surface area contributed by atoms with Crippen LogP contribution >= 0.6 is 34.8 Å². The number of nitrogens with zero attached hydrogens (tertiary/aromatic N) is 2. The average molecular weight is 382 g/mol. The molecule has 0 aliphatic carbocycles. The minimum Gasteiger partial charge on any atom is -0.337 e. The van der Waals surface area contributed by atoms with Crippen molar-refractivity contribution in [1.29, 1.82) is 0 Å². The Bertz CT molecular complexity index is 773. The summed E-state index contributed by atoms with van der Waals surface area (Å²) in [6, 6.07) is 15.0. The van der Waals surface area contributed by atoms with Crippen LogP contribution < -0.4 is 0 Å². The molecule has 1 unspecified atom stereocenters. The van der Waals surface area contributed by atoms with Crippen LogP contribution in [-0.2, 0) is 22.9 Å². The lowest BCUT2D eigenvalue weighted by Gasteiger charge is -2.29. The van der Waals surface area contributed by atoms with Gasteiger partial charge in [-0.15, -0.1) is 0 Å². The van der Waals surface area contributed by atoms with Crippen LogP contribution in [0.15, 0.2) is 67.3 Å². The molecule has 0 bridgehead atoms. The lowest BCUT2D eigenvalue weighted by molar-refractivity contribution is -0.0489. The second-order valence-electron chi connectivity index (χ2n) is 5.38. The zero-order valence-corrected chi connectivity index (χ0v) is 15.0. The molecule has 0 saturated carbocycles. The molecule has 6 heteroatoms. The van der Waals surface area contributed by atoms with Crippen LogP contribution in [0.25, 0.3) is 0 Å². The molecule has 0 radical (unpaired) electrons. The average Bonchev–Trinajstić information content (AvgIpc) is 3.12. The van der Waals surface area contributed by atoms with Crippen LogP contribution in [0.2, 0.25) is 10.0 Å². The second-order valence-corrected chi connectivity index (χ2v) is 6.84. The molecule has 124 valence electrons. The summed E-state index contributed by atoms with van der Waals surface area (Å²) in [5.74, 6) is 0. The van der Waals surface area contributed by atoms with Crippen molar-refractivity contribution in [2.24, 2.45) is 0 Å². The van der Waals surface area contributed by atoms with Crippen molar-refractivity contribution in [3.8, 4) is 0 Å². The minimum atomic E-state index is -1.08. The van der Waals surface area contributed by atoms with E-state index in [0.717, 1.165) is 11.1 Å². The maximum atomic E-state index is 6.80. The van der Waals surface area contributed by atoms with Crippen molar-refractivity contribution < 1.29 is 4.74 Å². The van der Waals surface area contributed by atoms with Gasteiger partial charge >= 0.3 is 0 Å². The molecule has 0 saturated heterocycles. The van der Waals surface area contributed by atoms with Gasteiger partial charge in [0.25, 0.3) is 0 Å². The first-order chi connectivity index (χ1) is 11.5. The maximum Gasteiger partial charge on any atom is 0.228 e. The predicted molar refractivity (Wildman–Crippen MR) is 97.5 cm³/mol. The standard InChI is InChI=1S/C18H15Cl3N2O/c19-16-5-1-14(2-6-16)11-18(21,23-10-9-22-13-23)24-12-15-3-7-17(20)8-4-15/h1-10,13H,11-12H2. The van der Waals surface area contributed by atoms with E-state index in [1.165, 1.54) is 0 Å². The van der Waals surface area contributed by atoms with Gasteiger partial charge in [0.15, 0.2) is 0 Å². The SMILES string of the molecule is Clc1ccc(COC(Cl)(Cc2ccc(Cl)cc2)n2ccnc2)cc1. The summed E-state index contributed by atoms with van der Waals surface area (Å²) in [5.41, 5.74) is 2.00. The van der Waals surface area contributed by atoms with E-state index in [1.807, 2.05) is 48.5 Å². The molecule has 0 N–H and O–H groups in total. The Labute approximate surface area is 155 Å². The predicted octanol–water partition coefficient (Wildman–Crippen LogP) is 5.50. The fourth-order valence-corrected chi connectivity index (χ4v) is 2.86. The van der Waals surface area contributed by atoms with Crippen LogP contribution in [0.5, 0.6) is 0 Å². The highest BCUT2D eigenvalue weighted by Gasteiger charge is 2.30. The Balaban J connectivity index is 1.80. The number of alkyl halides is 1. The summed E-state index contributed by atoms with van der Waals surface area (Å²) in [7, 11) is 0. The molecular formula is C18H15Cl3N2O. The fourth-order valence-electron chi connectivity index (χ4n) is 2.30. The van der Waals surface area contributed by atoms with Crippen LogP contribution in [0, 0.1) is 0 Å². The number of benzene rings is 2. The van der Waals surface area contributed by atoms with Gasteiger partial charge in [-0.05, 0) is 35.4 Å². The first kappa shape index (κ1) is 17.3. The van der Waals surface area contributed by atoms with E-state index in [2.05, 4.69) is 4.98 Å². The molecule has 3 aromatic rings. The van der Waals surface area contributed by atoms with Gasteiger partial charge in [-0.1, -0.05) is 59.1 Å². The highest BCUT2D eigenvalue weighted by molar-refractivity contribution is 6.30. The van der Waals surface area contributed by atoms with Crippen molar-refractivity contribution in [3.05, 3.63) is 88.4 Å². The van der Waals surface area contributed by atoms with E-state index < -0.39 is 5.18 Å². The Kier molecular flexibility index (Phi) is 5.47. The number of hydrogen-bond donors (Lipinski definition) is 0. The molecule has 1 heterocycles. The third-order valence-electron chi connectivity index (χ3n) is 3.60. The van der Waals surface area contributed by atoms with Crippen molar-refractivity contribution in [3.63, 3.8) is 0 Å². The van der Waals surface area contributed by atoms with Crippen LogP contribution in [0.3, 0.4) is 0 Å². The van der Waals surface area contributed by atoms with Crippen LogP contribution in [-0.4, -0.2) is 9.55 Å². The van der Waals surface area contributed by atoms with Crippen molar-refractivity contribution in [2.75, 3.05) is 0 Å². The van der Waals surface area contributed by atoms with Gasteiger partial charge in [0.05, 0.1) is 12.9 Å². The van der Waals surface area contributed by atoms with Gasteiger partial charge in [0, 0.05) is 28.9 Å². The monoisotopic (exact) mass is 380 g/mol. The topological polar surface area (TPSA) is 27.1 Å². The van der Waals surface area contributed by atoms with Gasteiger partial charge in [-0.25, -0.2) is 4.98 Å². The molecule has 1 aromatic heterocycles. The van der Waals surface area contributed by atoms with E-state index in [9.17, 15) is 0 Å². The molecule has 0 aliphatic rings. The summed E-state index contributed by atoms with van der Waals surface area (Å²) in [5, 5.41) is 0.291. The highest BCUT2D eigenvalue weighted by Crippen LogP contribution is 2.30. The quantitative estimate of drug-likeness (QED) is 0.527. The number of aromatic nitrogens is 2. The molecule has 3 rings (SSSR count). The molecule has 0 aliphatic heterocycles. The minimum absolute atomic E-state index is 0.354. The lowest BCUT2D eigenvalue weighted by atomic mass is 10.1. The Morgan fingerprint density at radius 2 is 1.50 bits per heavy atom. The normalized spacial score (nSPS) is 13.6. The molecule has 0 spiro atoms. The molecule has 1 atom stereocenters. The van der Waals surface area contributed by atoms with Crippen LogP contribution in [0.1, 0.15) is 11.1 Å². The smallest absolute Gasteiger partial charge is 0.228 e. The first-order valence-electron chi connectivity index (χ1n) is 7.35. The third kappa shape index (κ3) is 4.31. The zero-order chi connectivity index (χ0) is 17.0. The Hall–Kier alpha value is -1.52. The van der Waals surface area contributed by atoms with Crippen molar-refractivity contribution in [2.45, 2.75) is 18.2 Å². The van der Waals surface area contributed by atoms with E-state index in [-0.39, 0.29) is 0 Å². The number of hydrogen-bond acceptors (Lipinski definition) is 2. The molecule has 0 amide bonds. The highest BCUT2D eigenvalue weighted by atomic mass is 35.5. The fraction of sp³-hybridized carbons (Fsp3) is 0.167. The van der Waals surface area contributed by atoms with Crippen LogP contribution in [0.4, 0.5) is 0 Å². The van der Waals surface area contributed by atoms with Crippen molar-refractivity contribution in [1.82, 2.24) is 9.55 Å². The van der Waals surface area contributed by atoms with Gasteiger partial charge in [-0.2, -0.15) is 0 Å². The summed E-state index contributed by atoms with van der Waals surface area (Å²) < 4.78 is 7.80.